The molecule has 0 atom stereocenters. The number of nitrogens with one attached hydrogen (secondary N) is 2. The first-order valence-corrected chi connectivity index (χ1v) is 8.98. The molecule has 7 heteroatoms. The summed E-state index contributed by atoms with van der Waals surface area (Å²) in [5.41, 5.74) is 0.611. The Bertz CT molecular complexity index is 605. The van der Waals surface area contributed by atoms with Gasteiger partial charge in [-0.05, 0) is 44.2 Å². The fraction of sp³-hybridized carbons (Fsp3) is 0.533. The minimum atomic E-state index is -3.45. The highest BCUT2D eigenvalue weighted by Gasteiger charge is 2.28. The zero-order valence-corrected chi connectivity index (χ0v) is 13.8. The maximum absolute atomic E-state index is 12.6. The number of benzene rings is 1. The molecule has 1 aliphatic heterocycles. The molecule has 0 aliphatic carbocycles. The van der Waals surface area contributed by atoms with Gasteiger partial charge < -0.3 is 10.6 Å². The third-order valence-corrected chi connectivity index (χ3v) is 5.87. The molecule has 1 aromatic rings. The Morgan fingerprint density at radius 3 is 2.32 bits per heavy atom. The fourth-order valence-electron chi connectivity index (χ4n) is 2.49. The molecule has 1 amide bonds. The number of sulfonamides is 1. The Morgan fingerprint density at radius 1 is 1.23 bits per heavy atom. The first kappa shape index (κ1) is 16.9. The van der Waals surface area contributed by atoms with Crippen LogP contribution in [0.4, 0.5) is 5.69 Å². The first-order chi connectivity index (χ1) is 10.5. The smallest absolute Gasteiger partial charge is 0.243 e. The van der Waals surface area contributed by atoms with Gasteiger partial charge in [-0.15, -0.1) is 0 Å². The maximum atomic E-state index is 12.6. The summed E-state index contributed by atoms with van der Waals surface area (Å²) in [5, 5.41) is 5.89. The number of rotatable bonds is 5. The first-order valence-electron chi connectivity index (χ1n) is 7.54. The number of hydrogen-bond acceptors (Lipinski definition) is 4. The second kappa shape index (κ2) is 7.21. The molecule has 1 fully saturated rings. The maximum Gasteiger partial charge on any atom is 0.243 e. The van der Waals surface area contributed by atoms with Crippen molar-refractivity contribution in [2.75, 3.05) is 25.5 Å². The molecule has 22 heavy (non-hydrogen) atoms. The van der Waals surface area contributed by atoms with E-state index in [1.807, 2.05) is 7.05 Å². The van der Waals surface area contributed by atoms with Crippen LogP contribution in [-0.2, 0) is 14.8 Å². The van der Waals surface area contributed by atoms with Crippen LogP contribution in [0.15, 0.2) is 29.2 Å². The van der Waals surface area contributed by atoms with Crippen LogP contribution >= 0.6 is 0 Å². The quantitative estimate of drug-likeness (QED) is 0.858. The standard InChI is InChI=1S/C15H23N3O3S/c1-3-15(19)17-13-4-6-14(7-5-13)22(20,21)18-10-8-12(16-2)9-11-18/h4-7,12,16H,3,8-11H2,1-2H3,(H,17,19). The molecule has 1 heterocycles. The molecular weight excluding hydrogens is 302 g/mol. The molecule has 2 N–H and O–H groups in total. The summed E-state index contributed by atoms with van der Waals surface area (Å²) in [6.07, 6.45) is 2.03. The Morgan fingerprint density at radius 2 is 1.82 bits per heavy atom. The lowest BCUT2D eigenvalue weighted by Crippen LogP contribution is -2.43. The Labute approximate surface area is 131 Å². The molecule has 0 bridgehead atoms. The van der Waals surface area contributed by atoms with E-state index in [9.17, 15) is 13.2 Å². The van der Waals surface area contributed by atoms with Crippen molar-refractivity contribution in [1.82, 2.24) is 9.62 Å². The van der Waals surface area contributed by atoms with E-state index < -0.39 is 10.0 Å². The van der Waals surface area contributed by atoms with Crippen molar-refractivity contribution in [2.45, 2.75) is 37.1 Å². The summed E-state index contributed by atoms with van der Waals surface area (Å²) in [6.45, 7) is 2.83. The zero-order chi connectivity index (χ0) is 16.2. The second-order valence-electron chi connectivity index (χ2n) is 5.39. The minimum absolute atomic E-state index is 0.0928. The summed E-state index contributed by atoms with van der Waals surface area (Å²) >= 11 is 0. The van der Waals surface area contributed by atoms with Crippen LogP contribution < -0.4 is 10.6 Å². The average Bonchev–Trinajstić information content (AvgIpc) is 2.55. The van der Waals surface area contributed by atoms with Crippen LogP contribution in [0.1, 0.15) is 26.2 Å². The number of carbonyl (C=O) groups excluding carboxylic acids is 1. The normalized spacial score (nSPS) is 17.4. The molecule has 0 aromatic heterocycles. The van der Waals surface area contributed by atoms with Crippen molar-refractivity contribution in [3.63, 3.8) is 0 Å². The van der Waals surface area contributed by atoms with Gasteiger partial charge in [0.25, 0.3) is 0 Å². The highest BCUT2D eigenvalue weighted by atomic mass is 32.2. The third-order valence-electron chi connectivity index (χ3n) is 3.96. The number of piperidine rings is 1. The van der Waals surface area contributed by atoms with Gasteiger partial charge >= 0.3 is 0 Å². The predicted octanol–water partition coefficient (Wildman–Crippen LogP) is 1.41. The monoisotopic (exact) mass is 325 g/mol. The van der Waals surface area contributed by atoms with Crippen LogP contribution in [0.5, 0.6) is 0 Å². The van der Waals surface area contributed by atoms with Crippen LogP contribution in [-0.4, -0.2) is 44.8 Å². The molecule has 6 nitrogen and oxygen atoms in total. The summed E-state index contributed by atoms with van der Waals surface area (Å²) in [5.74, 6) is -0.0928. The SMILES string of the molecule is CCC(=O)Nc1ccc(S(=O)(=O)N2CCC(NC)CC2)cc1. The summed E-state index contributed by atoms with van der Waals surface area (Å²) in [6, 6.07) is 6.73. The molecule has 0 radical (unpaired) electrons. The Balaban J connectivity index is 2.08. The van der Waals surface area contributed by atoms with Gasteiger partial charge in [-0.25, -0.2) is 8.42 Å². The van der Waals surface area contributed by atoms with E-state index in [0.29, 0.717) is 31.2 Å². The Hall–Kier alpha value is -1.44. The van der Waals surface area contributed by atoms with E-state index in [1.165, 1.54) is 4.31 Å². The molecule has 1 aliphatic rings. The van der Waals surface area contributed by atoms with Gasteiger partial charge in [0.15, 0.2) is 0 Å². The van der Waals surface area contributed by atoms with E-state index in [2.05, 4.69) is 10.6 Å². The van der Waals surface area contributed by atoms with Crippen LogP contribution in [0.2, 0.25) is 0 Å². The second-order valence-corrected chi connectivity index (χ2v) is 7.33. The van der Waals surface area contributed by atoms with Gasteiger partial charge in [0, 0.05) is 31.2 Å². The number of hydrogen-bond donors (Lipinski definition) is 2. The largest absolute Gasteiger partial charge is 0.326 e. The lowest BCUT2D eigenvalue weighted by Gasteiger charge is -2.31. The van der Waals surface area contributed by atoms with Crippen LogP contribution in [0.25, 0.3) is 0 Å². The van der Waals surface area contributed by atoms with Gasteiger partial charge in [-0.2, -0.15) is 4.31 Å². The molecular formula is C15H23N3O3S. The number of amides is 1. The van der Waals surface area contributed by atoms with Crippen molar-refractivity contribution in [2.24, 2.45) is 0 Å². The van der Waals surface area contributed by atoms with Crippen molar-refractivity contribution in [3.8, 4) is 0 Å². The van der Waals surface area contributed by atoms with Gasteiger partial charge in [0.05, 0.1) is 4.90 Å². The third kappa shape index (κ3) is 3.85. The van der Waals surface area contributed by atoms with E-state index >= 15 is 0 Å². The fourth-order valence-corrected chi connectivity index (χ4v) is 3.96. The Kier molecular flexibility index (Phi) is 5.55. The molecule has 1 saturated heterocycles. The molecule has 122 valence electrons. The average molecular weight is 325 g/mol. The molecule has 0 saturated carbocycles. The number of nitrogens with zero attached hydrogens (tertiary/aromatic N) is 1. The van der Waals surface area contributed by atoms with E-state index in [-0.39, 0.29) is 10.8 Å². The molecule has 0 unspecified atom stereocenters. The lowest BCUT2D eigenvalue weighted by atomic mass is 10.1. The van der Waals surface area contributed by atoms with Crippen LogP contribution in [0, 0.1) is 0 Å². The van der Waals surface area contributed by atoms with Gasteiger partial charge in [-0.3, -0.25) is 4.79 Å². The van der Waals surface area contributed by atoms with E-state index in [0.717, 1.165) is 12.8 Å². The summed E-state index contributed by atoms with van der Waals surface area (Å²) in [7, 11) is -1.55. The van der Waals surface area contributed by atoms with E-state index in [1.54, 1.807) is 31.2 Å². The molecule has 1 aromatic carbocycles. The topological polar surface area (TPSA) is 78.5 Å². The van der Waals surface area contributed by atoms with Crippen molar-refractivity contribution < 1.29 is 13.2 Å². The molecule has 2 rings (SSSR count). The number of anilines is 1. The number of carbonyl (C=O) groups is 1. The van der Waals surface area contributed by atoms with Crippen molar-refractivity contribution in [1.29, 1.82) is 0 Å². The van der Waals surface area contributed by atoms with Gasteiger partial charge in [-0.1, -0.05) is 6.92 Å². The molecule has 0 spiro atoms. The predicted molar refractivity (Wildman–Crippen MR) is 86.2 cm³/mol. The summed E-state index contributed by atoms with van der Waals surface area (Å²) < 4.78 is 26.7. The summed E-state index contributed by atoms with van der Waals surface area (Å²) in [4.78, 5) is 11.6. The van der Waals surface area contributed by atoms with E-state index in [4.69, 9.17) is 0 Å². The van der Waals surface area contributed by atoms with Gasteiger partial charge in [0.1, 0.15) is 0 Å². The van der Waals surface area contributed by atoms with Crippen molar-refractivity contribution in [3.05, 3.63) is 24.3 Å². The van der Waals surface area contributed by atoms with Gasteiger partial charge in [0.2, 0.25) is 15.9 Å². The minimum Gasteiger partial charge on any atom is -0.326 e. The van der Waals surface area contributed by atoms with Crippen molar-refractivity contribution >= 4 is 21.6 Å². The lowest BCUT2D eigenvalue weighted by molar-refractivity contribution is -0.115. The van der Waals surface area contributed by atoms with Crippen LogP contribution in [0.3, 0.4) is 0 Å². The zero-order valence-electron chi connectivity index (χ0n) is 13.0. The highest BCUT2D eigenvalue weighted by Crippen LogP contribution is 2.22. The highest BCUT2D eigenvalue weighted by molar-refractivity contribution is 7.89.